The number of likely N-dealkylation sites (N-methyl/N-ethyl adjacent to an activating group) is 1. The molecular weight excluding hydrogens is 414 g/mol. The van der Waals surface area contributed by atoms with Gasteiger partial charge >= 0.3 is 0 Å². The Balaban J connectivity index is 1.52. The van der Waals surface area contributed by atoms with Crippen LogP contribution in [0.5, 0.6) is 0 Å². The first-order chi connectivity index (χ1) is 16.0. The summed E-state index contributed by atoms with van der Waals surface area (Å²) in [7, 11) is 3.68. The van der Waals surface area contributed by atoms with E-state index in [1.54, 1.807) is 27.9 Å². The Labute approximate surface area is 193 Å². The van der Waals surface area contributed by atoms with E-state index in [9.17, 15) is 9.59 Å². The van der Waals surface area contributed by atoms with E-state index in [0.29, 0.717) is 29.8 Å². The van der Waals surface area contributed by atoms with Crippen LogP contribution in [-0.2, 0) is 7.05 Å². The minimum absolute atomic E-state index is 0.0742. The van der Waals surface area contributed by atoms with Crippen LogP contribution in [0, 0.1) is 0 Å². The van der Waals surface area contributed by atoms with Crippen LogP contribution in [0.25, 0.3) is 11.0 Å². The highest BCUT2D eigenvalue weighted by Gasteiger charge is 2.27. The molecule has 170 valence electrons. The fraction of sp³-hybridized carbons (Fsp3) is 0.259. The molecule has 2 heterocycles. The van der Waals surface area contributed by atoms with E-state index in [0.717, 1.165) is 10.9 Å². The van der Waals surface area contributed by atoms with Crippen molar-refractivity contribution in [2.75, 3.05) is 13.6 Å². The minimum atomic E-state index is -0.120. The van der Waals surface area contributed by atoms with Crippen LogP contribution >= 0.6 is 0 Å². The summed E-state index contributed by atoms with van der Waals surface area (Å²) in [4.78, 5) is 27.7. The lowest BCUT2D eigenvalue weighted by atomic mass is 9.90. The quantitative estimate of drug-likeness (QED) is 0.424. The molecular formula is C27H29N3O3. The molecule has 4 rings (SSSR count). The Morgan fingerprint density at radius 3 is 2.58 bits per heavy atom. The average Bonchev–Trinajstić information content (AvgIpc) is 3.49. The summed E-state index contributed by atoms with van der Waals surface area (Å²) < 4.78 is 7.27. The van der Waals surface area contributed by atoms with Crippen LogP contribution < -0.4 is 5.32 Å². The van der Waals surface area contributed by atoms with E-state index in [2.05, 4.69) is 24.4 Å². The van der Waals surface area contributed by atoms with Gasteiger partial charge in [-0.15, -0.1) is 0 Å². The molecule has 0 bridgehead atoms. The lowest BCUT2D eigenvalue weighted by Gasteiger charge is -2.33. The molecule has 0 saturated heterocycles. The summed E-state index contributed by atoms with van der Waals surface area (Å²) in [6.45, 7) is 2.58. The summed E-state index contributed by atoms with van der Waals surface area (Å²) in [5, 5.41) is 3.97. The maximum Gasteiger partial charge on any atom is 0.267 e. The molecule has 6 heteroatoms. The molecule has 0 aliphatic rings. The van der Waals surface area contributed by atoms with Crippen molar-refractivity contribution in [3.05, 3.63) is 96.0 Å². The van der Waals surface area contributed by atoms with Gasteiger partial charge < -0.3 is 19.2 Å². The maximum absolute atomic E-state index is 13.4. The number of aryl methyl sites for hydroxylation is 1. The Kier molecular flexibility index (Phi) is 6.63. The molecule has 2 aromatic heterocycles. The molecule has 33 heavy (non-hydrogen) atoms. The Hall–Kier alpha value is -3.80. The van der Waals surface area contributed by atoms with E-state index in [1.807, 2.05) is 62.8 Å². The number of rotatable bonds is 8. The van der Waals surface area contributed by atoms with Gasteiger partial charge in [-0.1, -0.05) is 43.3 Å². The second kappa shape index (κ2) is 9.77. The third-order valence-electron chi connectivity index (χ3n) is 6.33. The molecule has 0 saturated carbocycles. The molecule has 0 fully saturated rings. The average molecular weight is 444 g/mol. The third-order valence-corrected chi connectivity index (χ3v) is 6.33. The summed E-state index contributed by atoms with van der Waals surface area (Å²) in [5.41, 5.74) is 3.03. The highest BCUT2D eigenvalue weighted by molar-refractivity contribution is 5.97. The zero-order valence-corrected chi connectivity index (χ0v) is 19.2. The molecule has 6 nitrogen and oxygen atoms in total. The molecule has 2 atom stereocenters. The number of aromatic nitrogens is 1. The van der Waals surface area contributed by atoms with E-state index in [1.165, 1.54) is 0 Å². The van der Waals surface area contributed by atoms with Gasteiger partial charge in [0, 0.05) is 49.7 Å². The van der Waals surface area contributed by atoms with Gasteiger partial charge in [-0.25, -0.2) is 0 Å². The van der Waals surface area contributed by atoms with Crippen molar-refractivity contribution in [2.45, 2.75) is 25.3 Å². The number of amides is 2. The summed E-state index contributed by atoms with van der Waals surface area (Å²) in [5.74, 6) is -0.111. The normalized spacial score (nSPS) is 12.9. The van der Waals surface area contributed by atoms with Crippen molar-refractivity contribution in [2.24, 2.45) is 7.05 Å². The van der Waals surface area contributed by atoms with E-state index in [4.69, 9.17) is 4.42 Å². The maximum atomic E-state index is 13.4. The highest BCUT2D eigenvalue weighted by Crippen LogP contribution is 2.27. The Morgan fingerprint density at radius 2 is 1.85 bits per heavy atom. The van der Waals surface area contributed by atoms with E-state index >= 15 is 0 Å². The van der Waals surface area contributed by atoms with Crippen molar-refractivity contribution in [3.8, 4) is 0 Å². The molecule has 0 spiro atoms. The number of nitrogens with zero attached hydrogens (tertiary/aromatic N) is 2. The topological polar surface area (TPSA) is 67.5 Å². The number of carbonyl (C=O) groups excluding carboxylic acids is 2. The van der Waals surface area contributed by atoms with Crippen molar-refractivity contribution >= 4 is 22.8 Å². The number of furan rings is 1. The molecule has 4 aromatic rings. The fourth-order valence-corrected chi connectivity index (χ4v) is 4.32. The molecule has 2 aromatic carbocycles. The van der Waals surface area contributed by atoms with E-state index < -0.39 is 0 Å². The van der Waals surface area contributed by atoms with Gasteiger partial charge in [0.1, 0.15) is 11.3 Å². The number of carbonyl (C=O) groups is 2. The fourth-order valence-electron chi connectivity index (χ4n) is 4.32. The van der Waals surface area contributed by atoms with Crippen molar-refractivity contribution in [3.63, 3.8) is 0 Å². The Bertz CT molecular complexity index is 1240. The molecule has 0 aliphatic heterocycles. The monoisotopic (exact) mass is 443 g/mol. The summed E-state index contributed by atoms with van der Waals surface area (Å²) in [6.07, 6.45) is 4.09. The standard InChI is InChI=1S/C27H29N3O3/c1-19(20-8-5-4-6-9-20)23(13-15-28-26(31)24-10-7-16-29(24)2)30(3)27(32)22-12-11-21-14-17-33-25(21)18-22/h4-12,14,16-19,23H,13,15H2,1-3H3,(H,28,31). The van der Waals surface area contributed by atoms with Crippen molar-refractivity contribution in [1.82, 2.24) is 14.8 Å². The molecule has 2 amide bonds. The zero-order valence-electron chi connectivity index (χ0n) is 19.2. The van der Waals surface area contributed by atoms with Crippen LogP contribution in [0.4, 0.5) is 0 Å². The molecule has 0 radical (unpaired) electrons. The summed E-state index contributed by atoms with van der Waals surface area (Å²) >= 11 is 0. The minimum Gasteiger partial charge on any atom is -0.464 e. The van der Waals surface area contributed by atoms with Crippen molar-refractivity contribution < 1.29 is 14.0 Å². The smallest absolute Gasteiger partial charge is 0.267 e. The van der Waals surface area contributed by atoms with Crippen LogP contribution in [0.15, 0.2) is 83.6 Å². The number of hydrogen-bond acceptors (Lipinski definition) is 3. The predicted molar refractivity (Wildman–Crippen MR) is 129 cm³/mol. The van der Waals surface area contributed by atoms with Gasteiger partial charge in [-0.3, -0.25) is 9.59 Å². The summed E-state index contributed by atoms with van der Waals surface area (Å²) in [6, 6.07) is 21.1. The van der Waals surface area contributed by atoms with Crippen LogP contribution in [0.3, 0.4) is 0 Å². The highest BCUT2D eigenvalue weighted by atomic mass is 16.3. The SMILES string of the molecule is CC(c1ccccc1)C(CCNC(=O)c1cccn1C)N(C)C(=O)c1ccc2ccoc2c1. The van der Waals surface area contributed by atoms with Crippen LogP contribution in [0.2, 0.25) is 0 Å². The lowest BCUT2D eigenvalue weighted by molar-refractivity contribution is 0.0702. The van der Waals surface area contributed by atoms with Gasteiger partial charge in [0.15, 0.2) is 0 Å². The van der Waals surface area contributed by atoms with Crippen LogP contribution in [-0.4, -0.2) is 40.9 Å². The number of nitrogens with one attached hydrogen (secondary N) is 1. The lowest BCUT2D eigenvalue weighted by Crippen LogP contribution is -2.42. The van der Waals surface area contributed by atoms with Crippen molar-refractivity contribution in [1.29, 1.82) is 0 Å². The Morgan fingerprint density at radius 1 is 1.06 bits per heavy atom. The number of hydrogen-bond donors (Lipinski definition) is 1. The molecule has 0 aliphatic carbocycles. The number of benzene rings is 2. The zero-order chi connectivity index (χ0) is 23.4. The molecule has 1 N–H and O–H groups in total. The van der Waals surface area contributed by atoms with Gasteiger partial charge in [0.05, 0.1) is 6.26 Å². The first-order valence-electron chi connectivity index (χ1n) is 11.1. The van der Waals surface area contributed by atoms with Gasteiger partial charge in [0.2, 0.25) is 0 Å². The van der Waals surface area contributed by atoms with Gasteiger partial charge in [-0.05, 0) is 42.3 Å². The van der Waals surface area contributed by atoms with Crippen LogP contribution in [0.1, 0.15) is 45.7 Å². The first-order valence-corrected chi connectivity index (χ1v) is 11.1. The van der Waals surface area contributed by atoms with E-state index in [-0.39, 0.29) is 23.8 Å². The first kappa shape index (κ1) is 22.4. The number of fused-ring (bicyclic) bond motifs is 1. The van der Waals surface area contributed by atoms with Gasteiger partial charge in [0.25, 0.3) is 11.8 Å². The van der Waals surface area contributed by atoms with Gasteiger partial charge in [-0.2, -0.15) is 0 Å². The second-order valence-electron chi connectivity index (χ2n) is 8.40. The third kappa shape index (κ3) is 4.85. The predicted octanol–water partition coefficient (Wildman–Crippen LogP) is 4.84. The largest absolute Gasteiger partial charge is 0.464 e. The second-order valence-corrected chi connectivity index (χ2v) is 8.40. The molecule has 2 unspecified atom stereocenters.